The second kappa shape index (κ2) is 4.58. The van der Waals surface area contributed by atoms with E-state index in [4.69, 9.17) is 0 Å². The summed E-state index contributed by atoms with van der Waals surface area (Å²) in [4.78, 5) is 12.6. The van der Waals surface area contributed by atoms with Gasteiger partial charge in [-0.3, -0.25) is 4.79 Å². The van der Waals surface area contributed by atoms with Crippen LogP contribution in [-0.2, 0) is 4.79 Å². The lowest BCUT2D eigenvalue weighted by molar-refractivity contribution is -0.126. The molecular formula is C19H24O. The van der Waals surface area contributed by atoms with E-state index in [0.29, 0.717) is 11.7 Å². The predicted octanol–water partition coefficient (Wildman–Crippen LogP) is 4.88. The summed E-state index contributed by atoms with van der Waals surface area (Å²) in [6.45, 7) is 6.78. The molecule has 20 heavy (non-hydrogen) atoms. The van der Waals surface area contributed by atoms with E-state index in [2.05, 4.69) is 51.1 Å². The highest BCUT2D eigenvalue weighted by molar-refractivity contribution is 5.93. The van der Waals surface area contributed by atoms with Crippen molar-refractivity contribution in [3.8, 4) is 0 Å². The summed E-state index contributed by atoms with van der Waals surface area (Å²) >= 11 is 0. The van der Waals surface area contributed by atoms with Crippen molar-refractivity contribution in [2.75, 3.05) is 0 Å². The zero-order valence-electron chi connectivity index (χ0n) is 12.8. The van der Waals surface area contributed by atoms with Crippen LogP contribution in [0, 0.1) is 16.7 Å². The molecular weight excluding hydrogens is 244 g/mol. The number of carbonyl (C=O) groups excluding carboxylic acids is 1. The number of fused-ring (bicyclic) bond motifs is 2. The lowest BCUT2D eigenvalue weighted by Crippen LogP contribution is -2.34. The van der Waals surface area contributed by atoms with E-state index < -0.39 is 0 Å². The van der Waals surface area contributed by atoms with Gasteiger partial charge in [-0.25, -0.2) is 0 Å². The number of Topliss-reactive ketones (excluding diaryl/α,β-unsaturated/α-hetero) is 1. The summed E-state index contributed by atoms with van der Waals surface area (Å²) in [5.74, 6) is 1.06. The Hall–Kier alpha value is -1.37. The minimum atomic E-state index is -0.209. The number of carbonyl (C=O) groups is 1. The third-order valence-electron chi connectivity index (χ3n) is 5.93. The first-order valence-electron chi connectivity index (χ1n) is 7.82. The van der Waals surface area contributed by atoms with Gasteiger partial charge in [-0.2, -0.15) is 0 Å². The normalized spacial score (nSPS) is 31.9. The number of allylic oxidation sites excluding steroid dienone is 2. The number of benzene rings is 1. The molecule has 2 unspecified atom stereocenters. The zero-order valence-corrected chi connectivity index (χ0v) is 12.8. The van der Waals surface area contributed by atoms with Gasteiger partial charge >= 0.3 is 0 Å². The van der Waals surface area contributed by atoms with E-state index in [9.17, 15) is 4.79 Å². The van der Waals surface area contributed by atoms with E-state index in [1.54, 1.807) is 0 Å². The molecule has 2 aliphatic carbocycles. The molecule has 0 aromatic heterocycles. The first-order valence-corrected chi connectivity index (χ1v) is 7.82. The first-order chi connectivity index (χ1) is 9.51. The third-order valence-corrected chi connectivity index (χ3v) is 5.93. The predicted molar refractivity (Wildman–Crippen MR) is 83.3 cm³/mol. The number of rotatable bonds is 3. The largest absolute Gasteiger partial charge is 0.299 e. The van der Waals surface area contributed by atoms with Crippen LogP contribution in [0.25, 0.3) is 5.57 Å². The van der Waals surface area contributed by atoms with Gasteiger partial charge in [-0.05, 0) is 41.7 Å². The van der Waals surface area contributed by atoms with Crippen molar-refractivity contribution >= 4 is 11.4 Å². The topological polar surface area (TPSA) is 17.1 Å². The molecule has 0 heterocycles. The molecule has 0 aliphatic heterocycles. The zero-order chi connectivity index (χ0) is 14.4. The molecule has 106 valence electrons. The van der Waals surface area contributed by atoms with E-state index in [1.807, 2.05) is 6.07 Å². The average molecular weight is 268 g/mol. The Morgan fingerprint density at radius 2 is 2.00 bits per heavy atom. The fourth-order valence-corrected chi connectivity index (χ4v) is 4.39. The van der Waals surface area contributed by atoms with Gasteiger partial charge in [0, 0.05) is 6.42 Å². The molecule has 1 nitrogen and oxygen atoms in total. The van der Waals surface area contributed by atoms with Crippen LogP contribution in [0.5, 0.6) is 0 Å². The maximum absolute atomic E-state index is 12.6. The Morgan fingerprint density at radius 3 is 2.50 bits per heavy atom. The van der Waals surface area contributed by atoms with Gasteiger partial charge in [-0.15, -0.1) is 0 Å². The number of hydrogen-bond acceptors (Lipinski definition) is 1. The fourth-order valence-electron chi connectivity index (χ4n) is 4.39. The Kier molecular flexibility index (Phi) is 3.12. The summed E-state index contributed by atoms with van der Waals surface area (Å²) < 4.78 is 0. The van der Waals surface area contributed by atoms with Gasteiger partial charge in [0.2, 0.25) is 0 Å². The second-order valence-electron chi connectivity index (χ2n) is 6.95. The Morgan fingerprint density at radius 1 is 1.30 bits per heavy atom. The fraction of sp³-hybridized carbons (Fsp3) is 0.526. The molecule has 1 aromatic carbocycles. The van der Waals surface area contributed by atoms with Gasteiger partial charge in [0.1, 0.15) is 5.78 Å². The molecule has 0 N–H and O–H groups in total. The second-order valence-corrected chi connectivity index (χ2v) is 6.95. The van der Waals surface area contributed by atoms with Crippen LogP contribution in [0.2, 0.25) is 0 Å². The van der Waals surface area contributed by atoms with E-state index in [-0.39, 0.29) is 10.8 Å². The van der Waals surface area contributed by atoms with Gasteiger partial charge in [-0.1, -0.05) is 57.2 Å². The summed E-state index contributed by atoms with van der Waals surface area (Å²) in [5.41, 5.74) is 2.51. The van der Waals surface area contributed by atoms with Crippen LogP contribution in [0.4, 0.5) is 0 Å². The molecule has 1 aromatic rings. The molecule has 0 saturated heterocycles. The molecule has 2 atom stereocenters. The lowest BCUT2D eigenvalue weighted by Gasteiger charge is -2.34. The van der Waals surface area contributed by atoms with Gasteiger partial charge in [0.25, 0.3) is 0 Å². The lowest BCUT2D eigenvalue weighted by atomic mass is 9.67. The van der Waals surface area contributed by atoms with Crippen molar-refractivity contribution in [2.45, 2.75) is 46.5 Å². The quantitative estimate of drug-likeness (QED) is 0.764. The van der Waals surface area contributed by atoms with Crippen molar-refractivity contribution in [3.05, 3.63) is 42.0 Å². The van der Waals surface area contributed by atoms with Crippen molar-refractivity contribution in [2.24, 2.45) is 16.7 Å². The van der Waals surface area contributed by atoms with E-state index >= 15 is 0 Å². The average Bonchev–Trinajstić information content (AvgIpc) is 2.80. The third kappa shape index (κ3) is 1.72. The maximum Gasteiger partial charge on any atom is 0.143 e. The molecule has 0 spiro atoms. The molecule has 2 saturated carbocycles. The van der Waals surface area contributed by atoms with Crippen molar-refractivity contribution in [1.82, 2.24) is 0 Å². The maximum atomic E-state index is 12.6. The standard InChI is InChI=1S/C19H24O/c1-4-14(15-8-6-5-7-9-15)13-19-11-10-16(12-17(19)20)18(19,2)3/h5-9,13,16H,4,10-12H2,1-3H3. The van der Waals surface area contributed by atoms with E-state index in [0.717, 1.165) is 19.3 Å². The highest BCUT2D eigenvalue weighted by atomic mass is 16.1. The van der Waals surface area contributed by atoms with Crippen LogP contribution >= 0.6 is 0 Å². The van der Waals surface area contributed by atoms with Crippen LogP contribution in [0.3, 0.4) is 0 Å². The molecule has 2 fully saturated rings. The van der Waals surface area contributed by atoms with Crippen LogP contribution < -0.4 is 0 Å². The molecule has 3 rings (SSSR count). The van der Waals surface area contributed by atoms with Crippen molar-refractivity contribution < 1.29 is 4.79 Å². The van der Waals surface area contributed by atoms with E-state index in [1.165, 1.54) is 17.6 Å². The first kappa shape index (κ1) is 13.6. The Bertz CT molecular complexity index is 552. The van der Waals surface area contributed by atoms with Crippen molar-refractivity contribution in [1.29, 1.82) is 0 Å². The SMILES string of the molecule is CCC(=CC12CCC(CC1=O)C2(C)C)c1ccccc1. The van der Waals surface area contributed by atoms with Gasteiger partial charge in [0.15, 0.2) is 0 Å². The minimum absolute atomic E-state index is 0.124. The highest BCUT2D eigenvalue weighted by Crippen LogP contribution is 2.65. The smallest absolute Gasteiger partial charge is 0.143 e. The number of hydrogen-bond donors (Lipinski definition) is 0. The molecule has 0 radical (unpaired) electrons. The summed E-state index contributed by atoms with van der Waals surface area (Å²) in [5, 5.41) is 0. The van der Waals surface area contributed by atoms with Gasteiger partial charge in [0.05, 0.1) is 5.41 Å². The Balaban J connectivity index is 2.07. The minimum Gasteiger partial charge on any atom is -0.299 e. The molecule has 1 heteroatoms. The summed E-state index contributed by atoms with van der Waals surface area (Å²) in [6.07, 6.45) is 6.35. The highest BCUT2D eigenvalue weighted by Gasteiger charge is 2.62. The molecule has 2 aliphatic rings. The summed E-state index contributed by atoms with van der Waals surface area (Å²) in [7, 11) is 0. The number of ketones is 1. The summed E-state index contributed by atoms with van der Waals surface area (Å²) in [6, 6.07) is 10.5. The van der Waals surface area contributed by atoms with Crippen molar-refractivity contribution in [3.63, 3.8) is 0 Å². The monoisotopic (exact) mass is 268 g/mol. The molecule has 0 amide bonds. The molecule has 2 bridgehead atoms. The van der Waals surface area contributed by atoms with Crippen LogP contribution in [0.1, 0.15) is 52.0 Å². The van der Waals surface area contributed by atoms with Gasteiger partial charge < -0.3 is 0 Å². The Labute approximate surface area is 122 Å². The van der Waals surface area contributed by atoms with Crippen LogP contribution in [0.15, 0.2) is 36.4 Å². The van der Waals surface area contributed by atoms with Crippen LogP contribution in [-0.4, -0.2) is 5.78 Å².